The Morgan fingerprint density at radius 3 is 2.31 bits per heavy atom. The van der Waals surface area contributed by atoms with Crippen molar-refractivity contribution in [2.45, 2.75) is 4.90 Å². The summed E-state index contributed by atoms with van der Waals surface area (Å²) in [7, 11) is -2.76. The Labute approximate surface area is 203 Å². The molecule has 0 fully saturated rings. The monoisotopic (exact) mass is 497 g/mol. The molecule has 0 bridgehead atoms. The van der Waals surface area contributed by atoms with Crippen molar-refractivity contribution in [3.63, 3.8) is 0 Å². The third-order valence-electron chi connectivity index (χ3n) is 4.90. The van der Waals surface area contributed by atoms with Crippen molar-refractivity contribution in [1.82, 2.24) is 5.32 Å². The van der Waals surface area contributed by atoms with Crippen molar-refractivity contribution in [1.29, 1.82) is 0 Å². The second-order valence-electron chi connectivity index (χ2n) is 7.26. The van der Waals surface area contributed by atoms with Crippen LogP contribution in [0.2, 0.25) is 0 Å². The van der Waals surface area contributed by atoms with Crippen molar-refractivity contribution in [3.05, 3.63) is 96.8 Å². The Kier molecular flexibility index (Phi) is 8.21. The predicted molar refractivity (Wildman–Crippen MR) is 132 cm³/mol. The Hall–Kier alpha value is -4.18. The molecule has 0 atom stereocenters. The fraction of sp³-hybridized carbons (Fsp3) is 0.120. The number of sulfonamides is 1. The summed E-state index contributed by atoms with van der Waals surface area (Å²) >= 11 is 0. The maximum Gasteiger partial charge on any atom is 0.264 e. The van der Waals surface area contributed by atoms with Crippen LogP contribution in [0.25, 0.3) is 0 Å². The first-order valence-electron chi connectivity index (χ1n) is 10.5. The van der Waals surface area contributed by atoms with E-state index < -0.39 is 34.2 Å². The molecule has 0 aliphatic rings. The van der Waals surface area contributed by atoms with Gasteiger partial charge in [0.2, 0.25) is 5.91 Å². The third kappa shape index (κ3) is 6.24. The van der Waals surface area contributed by atoms with E-state index in [2.05, 4.69) is 17.2 Å². The van der Waals surface area contributed by atoms with Crippen LogP contribution in [0.5, 0.6) is 5.75 Å². The first-order valence-corrected chi connectivity index (χ1v) is 11.9. The Bertz CT molecular complexity index is 1310. The third-order valence-corrected chi connectivity index (χ3v) is 6.69. The average molecular weight is 498 g/mol. The summed E-state index contributed by atoms with van der Waals surface area (Å²) in [6.07, 6.45) is 1.52. The normalized spacial score (nSPS) is 10.8. The number of nitrogens with zero attached hydrogens (tertiary/aromatic N) is 1. The highest BCUT2D eigenvalue weighted by molar-refractivity contribution is 7.92. The number of hydrogen-bond donors (Lipinski definition) is 2. The Morgan fingerprint density at radius 1 is 1.03 bits per heavy atom. The number of benzene rings is 3. The van der Waals surface area contributed by atoms with Gasteiger partial charge in [0, 0.05) is 6.54 Å². The standard InChI is InChI=1S/C25H24FN3O5S/c1-3-16-27-25(31)22-6-4-5-7-23(22)28-24(30)17-29(19-10-8-18(26)9-11-19)35(32,33)21-14-12-20(34-2)13-15-21/h3-15H,1,16-17H2,2H3,(H,27,31)(H,28,30). The van der Waals surface area contributed by atoms with Gasteiger partial charge >= 0.3 is 0 Å². The lowest BCUT2D eigenvalue weighted by atomic mass is 10.1. The molecule has 0 aromatic heterocycles. The summed E-state index contributed by atoms with van der Waals surface area (Å²) in [5, 5.41) is 5.22. The molecule has 3 aromatic rings. The SMILES string of the molecule is C=CCNC(=O)c1ccccc1NC(=O)CN(c1ccc(F)cc1)S(=O)(=O)c1ccc(OC)cc1. The van der Waals surface area contributed by atoms with Gasteiger partial charge in [-0.05, 0) is 60.7 Å². The summed E-state index contributed by atoms with van der Waals surface area (Å²) < 4.78 is 46.3. The lowest BCUT2D eigenvalue weighted by Crippen LogP contribution is -2.38. The van der Waals surface area contributed by atoms with Gasteiger partial charge in [-0.25, -0.2) is 12.8 Å². The number of carbonyl (C=O) groups excluding carboxylic acids is 2. The number of rotatable bonds is 10. The lowest BCUT2D eigenvalue weighted by molar-refractivity contribution is -0.114. The number of amides is 2. The molecule has 182 valence electrons. The number of carbonyl (C=O) groups is 2. The summed E-state index contributed by atoms with van der Waals surface area (Å²) in [5.41, 5.74) is 0.503. The summed E-state index contributed by atoms with van der Waals surface area (Å²) in [4.78, 5) is 25.3. The number of anilines is 2. The first kappa shape index (κ1) is 25.4. The molecule has 0 aliphatic carbocycles. The van der Waals surface area contributed by atoms with Crippen molar-refractivity contribution in [2.75, 3.05) is 29.8 Å². The Balaban J connectivity index is 1.91. The van der Waals surface area contributed by atoms with Gasteiger partial charge < -0.3 is 15.4 Å². The number of nitrogens with one attached hydrogen (secondary N) is 2. The number of para-hydroxylation sites is 1. The highest BCUT2D eigenvalue weighted by Gasteiger charge is 2.28. The molecule has 0 saturated carbocycles. The molecule has 2 N–H and O–H groups in total. The van der Waals surface area contributed by atoms with Gasteiger partial charge in [-0.1, -0.05) is 18.2 Å². The minimum Gasteiger partial charge on any atom is -0.497 e. The highest BCUT2D eigenvalue weighted by atomic mass is 32.2. The molecule has 3 rings (SSSR count). The van der Waals surface area contributed by atoms with E-state index >= 15 is 0 Å². The van der Waals surface area contributed by atoms with Crippen LogP contribution < -0.4 is 19.7 Å². The van der Waals surface area contributed by atoms with Gasteiger partial charge in [0.25, 0.3) is 15.9 Å². The summed E-state index contributed by atoms with van der Waals surface area (Å²) in [5.74, 6) is -1.22. The molecule has 2 amide bonds. The van der Waals surface area contributed by atoms with Crippen LogP contribution in [-0.2, 0) is 14.8 Å². The lowest BCUT2D eigenvalue weighted by Gasteiger charge is -2.24. The molecule has 3 aromatic carbocycles. The maximum atomic E-state index is 13.5. The molecule has 0 unspecified atom stereocenters. The van der Waals surface area contributed by atoms with Crippen LogP contribution in [0.15, 0.2) is 90.3 Å². The fourth-order valence-electron chi connectivity index (χ4n) is 3.17. The molecule has 35 heavy (non-hydrogen) atoms. The largest absolute Gasteiger partial charge is 0.497 e. The average Bonchev–Trinajstić information content (AvgIpc) is 2.86. The second-order valence-corrected chi connectivity index (χ2v) is 9.12. The zero-order valence-corrected chi connectivity index (χ0v) is 19.7. The van der Waals surface area contributed by atoms with Gasteiger partial charge in [0.1, 0.15) is 18.1 Å². The van der Waals surface area contributed by atoms with Gasteiger partial charge in [-0.2, -0.15) is 0 Å². The fourth-order valence-corrected chi connectivity index (χ4v) is 4.59. The smallest absolute Gasteiger partial charge is 0.264 e. The number of hydrogen-bond acceptors (Lipinski definition) is 5. The van der Waals surface area contributed by atoms with E-state index in [0.29, 0.717) is 5.75 Å². The van der Waals surface area contributed by atoms with Crippen LogP contribution in [0, 0.1) is 5.82 Å². The number of ether oxygens (including phenoxy) is 1. The van der Waals surface area contributed by atoms with Crippen molar-refractivity contribution in [2.24, 2.45) is 0 Å². The van der Waals surface area contributed by atoms with Crippen LogP contribution in [0.4, 0.5) is 15.8 Å². The van der Waals surface area contributed by atoms with Crippen molar-refractivity contribution in [3.8, 4) is 5.75 Å². The minimum atomic E-state index is -4.21. The molecule has 0 heterocycles. The molecular formula is C25H24FN3O5S. The van der Waals surface area contributed by atoms with E-state index in [0.717, 1.165) is 16.4 Å². The molecule has 10 heteroatoms. The van der Waals surface area contributed by atoms with E-state index in [1.165, 1.54) is 61.7 Å². The maximum absolute atomic E-state index is 13.5. The van der Waals surface area contributed by atoms with Gasteiger partial charge in [0.05, 0.1) is 28.9 Å². The molecule has 0 spiro atoms. The van der Waals surface area contributed by atoms with Crippen molar-refractivity contribution < 1.29 is 27.1 Å². The minimum absolute atomic E-state index is 0.0837. The molecule has 0 radical (unpaired) electrons. The molecule has 8 nitrogen and oxygen atoms in total. The highest BCUT2D eigenvalue weighted by Crippen LogP contribution is 2.26. The second kappa shape index (κ2) is 11.3. The van der Waals surface area contributed by atoms with E-state index in [1.807, 2.05) is 0 Å². The molecular weight excluding hydrogens is 473 g/mol. The summed E-state index contributed by atoms with van der Waals surface area (Å²) in [6.45, 7) is 3.16. The molecule has 0 saturated heterocycles. The van der Waals surface area contributed by atoms with Crippen LogP contribution in [0.3, 0.4) is 0 Å². The van der Waals surface area contributed by atoms with Crippen LogP contribution in [0.1, 0.15) is 10.4 Å². The number of halogens is 1. The molecule has 0 aliphatic heterocycles. The van der Waals surface area contributed by atoms with Crippen LogP contribution in [-0.4, -0.2) is 40.4 Å². The topological polar surface area (TPSA) is 105 Å². The van der Waals surface area contributed by atoms with E-state index in [9.17, 15) is 22.4 Å². The van der Waals surface area contributed by atoms with Gasteiger partial charge in [0.15, 0.2) is 0 Å². The predicted octanol–water partition coefficient (Wildman–Crippen LogP) is 3.58. The van der Waals surface area contributed by atoms with Crippen molar-refractivity contribution >= 4 is 33.2 Å². The van der Waals surface area contributed by atoms with Gasteiger partial charge in [-0.15, -0.1) is 6.58 Å². The zero-order chi connectivity index (χ0) is 25.4. The first-order chi connectivity index (χ1) is 16.8. The van der Waals surface area contributed by atoms with E-state index in [4.69, 9.17) is 4.74 Å². The van der Waals surface area contributed by atoms with Crippen LogP contribution >= 0.6 is 0 Å². The van der Waals surface area contributed by atoms with E-state index in [1.54, 1.807) is 12.1 Å². The summed E-state index contributed by atoms with van der Waals surface area (Å²) in [6, 6.07) is 16.7. The van der Waals surface area contributed by atoms with E-state index in [-0.39, 0.29) is 28.4 Å². The van der Waals surface area contributed by atoms with Gasteiger partial charge in [-0.3, -0.25) is 13.9 Å². The Morgan fingerprint density at radius 2 is 1.69 bits per heavy atom. The quantitative estimate of drug-likeness (QED) is 0.417. The number of methoxy groups -OCH3 is 1. The zero-order valence-electron chi connectivity index (χ0n) is 18.9.